The number of nitrogens with zero attached hydrogens (tertiary/aromatic N) is 2. The zero-order chi connectivity index (χ0) is 18.7. The van der Waals surface area contributed by atoms with Gasteiger partial charge >= 0.3 is 0 Å². The molecule has 0 N–H and O–H groups in total. The molecule has 0 radical (unpaired) electrons. The molecule has 6 heteroatoms. The van der Waals surface area contributed by atoms with Crippen molar-refractivity contribution >= 4 is 23.6 Å². The van der Waals surface area contributed by atoms with Crippen LogP contribution in [0.4, 0.5) is 0 Å². The van der Waals surface area contributed by atoms with Crippen molar-refractivity contribution in [3.05, 3.63) is 12.2 Å². The van der Waals surface area contributed by atoms with Gasteiger partial charge in [0.15, 0.2) is 0 Å². The first-order valence-electron chi connectivity index (χ1n) is 9.69. The Labute approximate surface area is 152 Å². The van der Waals surface area contributed by atoms with Crippen LogP contribution >= 0.6 is 0 Å². The Morgan fingerprint density at radius 2 is 0.923 bits per heavy atom. The summed E-state index contributed by atoms with van der Waals surface area (Å²) in [5.41, 5.74) is 0. The summed E-state index contributed by atoms with van der Waals surface area (Å²) in [6.07, 6.45) is 4.10. The van der Waals surface area contributed by atoms with Gasteiger partial charge in [-0.3, -0.25) is 29.0 Å². The second-order valence-electron chi connectivity index (χ2n) is 9.08. The second kappa shape index (κ2) is 4.84. The lowest BCUT2D eigenvalue weighted by atomic mass is 9.40. The molecule has 6 aliphatic rings. The minimum Gasteiger partial charge on any atom is -0.280 e. The van der Waals surface area contributed by atoms with Gasteiger partial charge in [0.05, 0.1) is 23.7 Å². The van der Waals surface area contributed by atoms with E-state index in [2.05, 4.69) is 0 Å². The van der Waals surface area contributed by atoms with Crippen molar-refractivity contribution in [3.63, 3.8) is 0 Å². The summed E-state index contributed by atoms with van der Waals surface area (Å²) in [6.45, 7) is 7.44. The maximum absolute atomic E-state index is 13.0. The molecule has 2 heterocycles. The van der Waals surface area contributed by atoms with Crippen LogP contribution in [0.5, 0.6) is 0 Å². The highest BCUT2D eigenvalue weighted by molar-refractivity contribution is 6.09. The van der Waals surface area contributed by atoms with Crippen LogP contribution in [-0.2, 0) is 19.2 Å². The van der Waals surface area contributed by atoms with Gasteiger partial charge in [0.25, 0.3) is 0 Å². The number of carbonyl (C=O) groups is 4. The molecule has 0 aromatic rings. The Hall–Kier alpha value is -1.98. The predicted molar refractivity (Wildman–Crippen MR) is 91.0 cm³/mol. The van der Waals surface area contributed by atoms with E-state index in [1.54, 1.807) is 0 Å². The predicted octanol–water partition coefficient (Wildman–Crippen LogP) is 1.07. The van der Waals surface area contributed by atoms with E-state index in [-0.39, 0.29) is 83.1 Å². The first-order chi connectivity index (χ1) is 12.3. The average Bonchev–Trinajstić information content (AvgIpc) is 2.91. The number of fused-ring (bicyclic) bond motifs is 1. The molecule has 8 unspecified atom stereocenters. The van der Waals surface area contributed by atoms with E-state index in [4.69, 9.17) is 0 Å². The van der Waals surface area contributed by atoms with Crippen molar-refractivity contribution in [1.29, 1.82) is 0 Å². The van der Waals surface area contributed by atoms with E-state index in [0.29, 0.717) is 0 Å². The molecule has 6 rings (SSSR count). The fourth-order valence-corrected chi connectivity index (χ4v) is 6.66. The molecule has 26 heavy (non-hydrogen) atoms. The van der Waals surface area contributed by atoms with E-state index in [1.165, 1.54) is 9.80 Å². The molecule has 4 aliphatic carbocycles. The van der Waals surface area contributed by atoms with Gasteiger partial charge in [-0.1, -0.05) is 12.2 Å². The quantitative estimate of drug-likeness (QED) is 0.548. The summed E-state index contributed by atoms with van der Waals surface area (Å²) in [7, 11) is 0. The highest BCUT2D eigenvalue weighted by Crippen LogP contribution is 2.68. The van der Waals surface area contributed by atoms with Gasteiger partial charge in [-0.05, 0) is 51.4 Å². The van der Waals surface area contributed by atoms with Crippen LogP contribution in [0.2, 0.25) is 0 Å². The van der Waals surface area contributed by atoms with Gasteiger partial charge in [-0.2, -0.15) is 0 Å². The van der Waals surface area contributed by atoms with Crippen molar-refractivity contribution in [1.82, 2.24) is 9.80 Å². The molecule has 138 valence electrons. The molecular weight excluding hydrogens is 332 g/mol. The van der Waals surface area contributed by atoms with Gasteiger partial charge < -0.3 is 0 Å². The summed E-state index contributed by atoms with van der Waals surface area (Å²) in [5, 5.41) is 0. The van der Waals surface area contributed by atoms with Crippen molar-refractivity contribution in [2.24, 2.45) is 47.3 Å². The summed E-state index contributed by atoms with van der Waals surface area (Å²) in [4.78, 5) is 54.5. The van der Waals surface area contributed by atoms with Crippen LogP contribution in [0.15, 0.2) is 12.2 Å². The third-order valence-corrected chi connectivity index (χ3v) is 7.44. The van der Waals surface area contributed by atoms with E-state index in [9.17, 15) is 19.2 Å². The van der Waals surface area contributed by atoms with Crippen LogP contribution < -0.4 is 0 Å². The smallest absolute Gasteiger partial charge is 0.233 e. The first kappa shape index (κ1) is 16.2. The second-order valence-corrected chi connectivity index (χ2v) is 9.08. The standard InChI is InChI=1S/C20H24N2O4/c1-7(2)21-17(23)13-9-5-6-10(14(13)18(21)24)12-11(9)15-16(12)20(26)22(8(3)4)19(15)25/h5-16H,1-4H3. The fourth-order valence-electron chi connectivity index (χ4n) is 6.66. The molecule has 4 amide bonds. The minimum atomic E-state index is -0.349. The van der Waals surface area contributed by atoms with Crippen molar-refractivity contribution < 1.29 is 19.2 Å². The summed E-state index contributed by atoms with van der Waals surface area (Å²) >= 11 is 0. The highest BCUT2D eigenvalue weighted by Gasteiger charge is 2.75. The van der Waals surface area contributed by atoms with Gasteiger partial charge in [0.2, 0.25) is 23.6 Å². The van der Waals surface area contributed by atoms with Crippen LogP contribution in [0.3, 0.4) is 0 Å². The fraction of sp³-hybridized carbons (Fsp3) is 0.700. The van der Waals surface area contributed by atoms with E-state index in [0.717, 1.165) is 0 Å². The number of imide groups is 2. The van der Waals surface area contributed by atoms with E-state index in [1.807, 2.05) is 39.8 Å². The first-order valence-corrected chi connectivity index (χ1v) is 9.69. The summed E-state index contributed by atoms with van der Waals surface area (Å²) in [5.74, 6) is -1.77. The van der Waals surface area contributed by atoms with Crippen LogP contribution in [-0.4, -0.2) is 45.5 Å². The Balaban J connectivity index is 1.55. The molecule has 8 atom stereocenters. The topological polar surface area (TPSA) is 74.8 Å². The third-order valence-electron chi connectivity index (χ3n) is 7.44. The maximum atomic E-state index is 13.0. The normalized spacial score (nSPS) is 45.6. The molecule has 0 aromatic carbocycles. The molecule has 4 fully saturated rings. The SMILES string of the molecule is CC(C)N1C(=O)C2C3C=CC(C2C1=O)C1C2C(=O)N(C(C)C)C(=O)C2C31. The third kappa shape index (κ3) is 1.56. The van der Waals surface area contributed by atoms with Crippen LogP contribution in [0.1, 0.15) is 27.7 Å². The van der Waals surface area contributed by atoms with Crippen molar-refractivity contribution in [2.75, 3.05) is 0 Å². The molecule has 2 aliphatic heterocycles. The van der Waals surface area contributed by atoms with Gasteiger partial charge in [-0.15, -0.1) is 0 Å². The molecule has 6 nitrogen and oxygen atoms in total. The zero-order valence-electron chi connectivity index (χ0n) is 15.5. The monoisotopic (exact) mass is 356 g/mol. The Morgan fingerprint density at radius 3 is 1.23 bits per heavy atom. The number of carbonyl (C=O) groups excluding carboxylic acids is 4. The molecule has 2 saturated heterocycles. The zero-order valence-corrected chi connectivity index (χ0v) is 15.5. The Kier molecular flexibility index (Phi) is 3.02. The van der Waals surface area contributed by atoms with E-state index < -0.39 is 0 Å². The lowest BCUT2D eigenvalue weighted by Gasteiger charge is -2.60. The van der Waals surface area contributed by atoms with E-state index >= 15 is 0 Å². The maximum Gasteiger partial charge on any atom is 0.233 e. The number of allylic oxidation sites excluding steroid dienone is 2. The molecule has 2 bridgehead atoms. The largest absolute Gasteiger partial charge is 0.280 e. The lowest BCUT2D eigenvalue weighted by Crippen LogP contribution is -2.63. The number of rotatable bonds is 2. The van der Waals surface area contributed by atoms with Crippen molar-refractivity contribution in [2.45, 2.75) is 39.8 Å². The Bertz CT molecular complexity index is 729. The van der Waals surface area contributed by atoms with Gasteiger partial charge in [0.1, 0.15) is 0 Å². The molecule has 0 aromatic heterocycles. The number of likely N-dealkylation sites (tertiary alicyclic amines) is 2. The lowest BCUT2D eigenvalue weighted by molar-refractivity contribution is -0.166. The minimum absolute atomic E-state index is 0.0281. The van der Waals surface area contributed by atoms with Gasteiger partial charge in [0, 0.05) is 12.1 Å². The number of hydrogen-bond acceptors (Lipinski definition) is 4. The molecule has 2 saturated carbocycles. The van der Waals surface area contributed by atoms with Crippen molar-refractivity contribution in [3.8, 4) is 0 Å². The number of amides is 4. The Morgan fingerprint density at radius 1 is 0.615 bits per heavy atom. The van der Waals surface area contributed by atoms with Crippen LogP contribution in [0.25, 0.3) is 0 Å². The summed E-state index contributed by atoms with van der Waals surface area (Å²) < 4.78 is 0. The molecule has 0 spiro atoms. The summed E-state index contributed by atoms with van der Waals surface area (Å²) in [6, 6.07) is -0.302. The highest BCUT2D eigenvalue weighted by atomic mass is 16.2. The number of hydrogen-bond donors (Lipinski definition) is 0. The van der Waals surface area contributed by atoms with Crippen LogP contribution in [0, 0.1) is 47.3 Å². The molecular formula is C20H24N2O4. The van der Waals surface area contributed by atoms with Gasteiger partial charge in [-0.25, -0.2) is 0 Å². The average molecular weight is 356 g/mol.